The van der Waals surface area contributed by atoms with Crippen LogP contribution >= 0.6 is 0 Å². The van der Waals surface area contributed by atoms with E-state index in [1.54, 1.807) is 0 Å². The van der Waals surface area contributed by atoms with Crippen LogP contribution in [0.2, 0.25) is 0 Å². The first-order chi connectivity index (χ1) is 8.31. The molecule has 0 N–H and O–H groups in total. The quantitative estimate of drug-likeness (QED) is 0.452. The lowest BCUT2D eigenvalue weighted by Gasteiger charge is -2.00. The molecule has 0 saturated heterocycles. The number of rotatable bonds is 4. The van der Waals surface area contributed by atoms with Gasteiger partial charge in [-0.3, -0.25) is 4.79 Å². The van der Waals surface area contributed by atoms with Gasteiger partial charge in [-0.2, -0.15) is 0 Å². The molecule has 2 rings (SSSR count). The fraction of sp³-hybridized carbons (Fsp3) is 0.133. The van der Waals surface area contributed by atoms with Crippen molar-refractivity contribution >= 4 is 16.6 Å². The molecule has 2 nitrogen and oxygen atoms in total. The van der Waals surface area contributed by atoms with Crippen LogP contribution in [0.4, 0.5) is 0 Å². The van der Waals surface area contributed by atoms with Crippen molar-refractivity contribution in [3.63, 3.8) is 0 Å². The predicted octanol–water partition coefficient (Wildman–Crippen LogP) is 3.57. The lowest BCUT2D eigenvalue weighted by Crippen LogP contribution is -1.94. The Bertz CT molecular complexity index is 556. The number of hydrogen-bond donors (Lipinski definition) is 0. The maximum atomic E-state index is 11.8. The highest BCUT2D eigenvalue weighted by atomic mass is 16.5. The second-order valence-corrected chi connectivity index (χ2v) is 3.68. The van der Waals surface area contributed by atoms with Gasteiger partial charge in [0.15, 0.2) is 5.78 Å². The van der Waals surface area contributed by atoms with Crippen molar-refractivity contribution in [3.8, 4) is 0 Å². The third kappa shape index (κ3) is 2.72. The molecule has 0 saturated carbocycles. The van der Waals surface area contributed by atoms with Gasteiger partial charge in [0.2, 0.25) is 0 Å². The summed E-state index contributed by atoms with van der Waals surface area (Å²) >= 11 is 0. The van der Waals surface area contributed by atoms with E-state index >= 15 is 0 Å². The third-order valence-corrected chi connectivity index (χ3v) is 2.52. The number of carbonyl (C=O) groups is 1. The standard InChI is InChI=1S/C15H14O2/c1-2-17-10-9-15(16)14-8-7-12-5-3-4-6-13(12)11-14/h3-11H,2H2,1H3/b10-9+. The molecule has 0 aliphatic heterocycles. The lowest BCUT2D eigenvalue weighted by molar-refractivity contribution is 0.104. The van der Waals surface area contributed by atoms with Gasteiger partial charge in [0.1, 0.15) is 0 Å². The van der Waals surface area contributed by atoms with E-state index in [1.807, 2.05) is 49.4 Å². The molecule has 0 spiro atoms. The number of carbonyl (C=O) groups excluding carboxylic acids is 1. The summed E-state index contributed by atoms with van der Waals surface area (Å²) in [6.45, 7) is 2.45. The summed E-state index contributed by atoms with van der Waals surface area (Å²) in [5.74, 6) is -0.0378. The second kappa shape index (κ2) is 5.30. The van der Waals surface area contributed by atoms with Gasteiger partial charge in [-0.25, -0.2) is 0 Å². The number of ether oxygens (including phenoxy) is 1. The molecule has 0 aliphatic carbocycles. The summed E-state index contributed by atoms with van der Waals surface area (Å²) in [4.78, 5) is 11.8. The summed E-state index contributed by atoms with van der Waals surface area (Å²) in [5.41, 5.74) is 0.680. The third-order valence-electron chi connectivity index (χ3n) is 2.52. The Kier molecular flexibility index (Phi) is 3.55. The van der Waals surface area contributed by atoms with Crippen molar-refractivity contribution < 1.29 is 9.53 Å². The fourth-order valence-corrected chi connectivity index (χ4v) is 1.64. The SMILES string of the molecule is CCO/C=C/C(=O)c1ccc2ccccc2c1. The molecular weight excluding hydrogens is 212 g/mol. The zero-order chi connectivity index (χ0) is 12.1. The first kappa shape index (κ1) is 11.4. The highest BCUT2D eigenvalue weighted by Gasteiger charge is 2.02. The average molecular weight is 226 g/mol. The molecule has 2 heteroatoms. The zero-order valence-electron chi connectivity index (χ0n) is 9.72. The van der Waals surface area contributed by atoms with E-state index in [1.165, 1.54) is 12.3 Å². The van der Waals surface area contributed by atoms with Crippen LogP contribution in [0.25, 0.3) is 10.8 Å². The molecule has 17 heavy (non-hydrogen) atoms. The van der Waals surface area contributed by atoms with Crippen LogP contribution in [0.3, 0.4) is 0 Å². The van der Waals surface area contributed by atoms with Crippen molar-refractivity contribution in [1.82, 2.24) is 0 Å². The highest BCUT2D eigenvalue weighted by Crippen LogP contribution is 2.16. The zero-order valence-corrected chi connectivity index (χ0v) is 9.72. The van der Waals surface area contributed by atoms with Crippen LogP contribution in [0, 0.1) is 0 Å². The maximum absolute atomic E-state index is 11.8. The molecule has 0 unspecified atom stereocenters. The first-order valence-corrected chi connectivity index (χ1v) is 5.62. The molecule has 86 valence electrons. The van der Waals surface area contributed by atoms with E-state index in [-0.39, 0.29) is 5.78 Å². The highest BCUT2D eigenvalue weighted by molar-refractivity contribution is 6.06. The topological polar surface area (TPSA) is 26.3 Å². The van der Waals surface area contributed by atoms with Crippen molar-refractivity contribution in [1.29, 1.82) is 0 Å². The molecule has 0 bridgehead atoms. The molecule has 0 atom stereocenters. The Morgan fingerprint density at radius 1 is 1.18 bits per heavy atom. The number of hydrogen-bond acceptors (Lipinski definition) is 2. The van der Waals surface area contributed by atoms with E-state index in [4.69, 9.17) is 4.74 Å². The summed E-state index contributed by atoms with van der Waals surface area (Å²) in [6, 6.07) is 13.7. The van der Waals surface area contributed by atoms with Gasteiger partial charge in [0.05, 0.1) is 12.9 Å². The van der Waals surface area contributed by atoms with Crippen molar-refractivity contribution in [2.24, 2.45) is 0 Å². The van der Waals surface area contributed by atoms with Gasteiger partial charge in [-0.05, 0) is 23.8 Å². The smallest absolute Gasteiger partial charge is 0.188 e. The van der Waals surface area contributed by atoms with E-state index in [0.29, 0.717) is 12.2 Å². The van der Waals surface area contributed by atoms with Crippen LogP contribution in [-0.2, 0) is 4.74 Å². The number of fused-ring (bicyclic) bond motifs is 1. The van der Waals surface area contributed by atoms with Crippen LogP contribution in [0.5, 0.6) is 0 Å². The minimum atomic E-state index is -0.0378. The second-order valence-electron chi connectivity index (χ2n) is 3.68. The predicted molar refractivity (Wildman–Crippen MR) is 69.0 cm³/mol. The molecule has 0 radical (unpaired) electrons. The van der Waals surface area contributed by atoms with Gasteiger partial charge in [0.25, 0.3) is 0 Å². The van der Waals surface area contributed by atoms with E-state index < -0.39 is 0 Å². The summed E-state index contributed by atoms with van der Waals surface area (Å²) < 4.78 is 5.01. The largest absolute Gasteiger partial charge is 0.501 e. The van der Waals surface area contributed by atoms with Crippen LogP contribution in [0.1, 0.15) is 17.3 Å². The molecular formula is C15H14O2. The lowest BCUT2D eigenvalue weighted by atomic mass is 10.0. The van der Waals surface area contributed by atoms with Crippen LogP contribution < -0.4 is 0 Å². The normalized spacial score (nSPS) is 10.9. The van der Waals surface area contributed by atoms with Crippen LogP contribution in [-0.4, -0.2) is 12.4 Å². The molecule has 0 amide bonds. The Labute approximate surface area is 101 Å². The van der Waals surface area contributed by atoms with Crippen molar-refractivity contribution in [3.05, 3.63) is 60.4 Å². The minimum Gasteiger partial charge on any atom is -0.501 e. The fourth-order valence-electron chi connectivity index (χ4n) is 1.64. The maximum Gasteiger partial charge on any atom is 0.188 e. The van der Waals surface area contributed by atoms with E-state index in [0.717, 1.165) is 10.8 Å². The Morgan fingerprint density at radius 2 is 1.94 bits per heavy atom. The summed E-state index contributed by atoms with van der Waals surface area (Å²) in [6.07, 6.45) is 2.89. The molecule has 0 heterocycles. The molecule has 0 aliphatic rings. The van der Waals surface area contributed by atoms with Crippen LogP contribution in [0.15, 0.2) is 54.8 Å². The van der Waals surface area contributed by atoms with Gasteiger partial charge in [0, 0.05) is 11.6 Å². The number of ketones is 1. The minimum absolute atomic E-state index is 0.0378. The number of benzene rings is 2. The average Bonchev–Trinajstić information content (AvgIpc) is 2.38. The van der Waals surface area contributed by atoms with Gasteiger partial charge in [-0.15, -0.1) is 0 Å². The van der Waals surface area contributed by atoms with Gasteiger partial charge >= 0.3 is 0 Å². The first-order valence-electron chi connectivity index (χ1n) is 5.62. The monoisotopic (exact) mass is 226 g/mol. The molecule has 0 aromatic heterocycles. The van der Waals surface area contributed by atoms with Gasteiger partial charge < -0.3 is 4.74 Å². The Hall–Kier alpha value is -2.09. The van der Waals surface area contributed by atoms with E-state index in [2.05, 4.69) is 0 Å². The molecule has 2 aromatic carbocycles. The van der Waals surface area contributed by atoms with Crippen molar-refractivity contribution in [2.45, 2.75) is 6.92 Å². The summed E-state index contributed by atoms with van der Waals surface area (Å²) in [7, 11) is 0. The number of allylic oxidation sites excluding steroid dienone is 1. The Balaban J connectivity index is 2.27. The van der Waals surface area contributed by atoms with Gasteiger partial charge in [-0.1, -0.05) is 36.4 Å². The molecule has 2 aromatic rings. The van der Waals surface area contributed by atoms with E-state index in [9.17, 15) is 4.79 Å². The van der Waals surface area contributed by atoms with Crippen molar-refractivity contribution in [2.75, 3.05) is 6.61 Å². The summed E-state index contributed by atoms with van der Waals surface area (Å²) in [5, 5.41) is 2.21. The molecule has 0 fully saturated rings. The Morgan fingerprint density at radius 3 is 2.71 bits per heavy atom.